The zero-order chi connectivity index (χ0) is 14.5. The highest BCUT2D eigenvalue weighted by Gasteiger charge is 2.23. The van der Waals surface area contributed by atoms with Crippen LogP contribution in [0.5, 0.6) is 0 Å². The van der Waals surface area contributed by atoms with Crippen LogP contribution in [0.4, 0.5) is 0 Å². The van der Waals surface area contributed by atoms with Crippen LogP contribution in [0, 0.1) is 6.92 Å². The highest BCUT2D eigenvalue weighted by molar-refractivity contribution is 7.11. The lowest BCUT2D eigenvalue weighted by Gasteiger charge is -2.18. The largest absolute Gasteiger partial charge is 0.383 e. The second-order valence-corrected chi connectivity index (χ2v) is 6.04. The Labute approximate surface area is 127 Å². The second kappa shape index (κ2) is 7.17. The van der Waals surface area contributed by atoms with Gasteiger partial charge in [0.05, 0.1) is 41.1 Å². The lowest BCUT2D eigenvalue weighted by molar-refractivity contribution is 0.182. The molecule has 0 amide bonds. The fourth-order valence-corrected chi connectivity index (χ4v) is 3.18. The first-order valence-electron chi connectivity index (χ1n) is 6.53. The maximum atomic E-state index is 6.33. The fourth-order valence-electron chi connectivity index (χ4n) is 2.06. The number of hydrogen-bond donors (Lipinski definition) is 1. The van der Waals surface area contributed by atoms with Crippen LogP contribution in [0.1, 0.15) is 28.5 Å². The summed E-state index contributed by atoms with van der Waals surface area (Å²) in [6, 6.07) is 0.0121. The van der Waals surface area contributed by atoms with Crippen LogP contribution in [0.3, 0.4) is 0 Å². The Morgan fingerprint density at radius 1 is 1.50 bits per heavy atom. The summed E-state index contributed by atoms with van der Waals surface area (Å²) < 4.78 is 7.02. The number of nitrogens with zero attached hydrogens (tertiary/aromatic N) is 3. The molecule has 0 bridgehead atoms. The molecule has 7 heteroatoms. The molecular formula is C13H19ClN4OS. The van der Waals surface area contributed by atoms with Gasteiger partial charge in [-0.15, -0.1) is 11.3 Å². The smallest absolute Gasteiger partial charge is 0.0897 e. The normalized spacial score (nSPS) is 12.8. The predicted octanol–water partition coefficient (Wildman–Crippen LogP) is 2.65. The van der Waals surface area contributed by atoms with Gasteiger partial charge in [-0.25, -0.2) is 4.98 Å². The Morgan fingerprint density at radius 2 is 2.30 bits per heavy atom. The van der Waals surface area contributed by atoms with E-state index in [0.29, 0.717) is 18.2 Å². The van der Waals surface area contributed by atoms with Gasteiger partial charge in [-0.1, -0.05) is 18.5 Å². The molecule has 5 nitrogen and oxygen atoms in total. The van der Waals surface area contributed by atoms with E-state index in [-0.39, 0.29) is 6.04 Å². The Hall–Kier alpha value is -0.950. The maximum Gasteiger partial charge on any atom is 0.0897 e. The van der Waals surface area contributed by atoms with E-state index in [4.69, 9.17) is 16.3 Å². The molecule has 0 aliphatic heterocycles. The second-order valence-electron chi connectivity index (χ2n) is 4.37. The number of hydrogen-bond acceptors (Lipinski definition) is 5. The van der Waals surface area contributed by atoms with Gasteiger partial charge in [0.25, 0.3) is 0 Å². The molecule has 1 N–H and O–H groups in total. The van der Waals surface area contributed by atoms with Gasteiger partial charge in [-0.05, 0) is 13.5 Å². The van der Waals surface area contributed by atoms with E-state index < -0.39 is 0 Å². The van der Waals surface area contributed by atoms with E-state index in [1.807, 2.05) is 17.8 Å². The summed E-state index contributed by atoms with van der Waals surface area (Å²) in [5.41, 5.74) is 0.967. The molecular weight excluding hydrogens is 296 g/mol. The highest BCUT2D eigenvalue weighted by Crippen LogP contribution is 2.31. The number of methoxy groups -OCH3 is 1. The summed E-state index contributed by atoms with van der Waals surface area (Å²) in [6.07, 6.45) is 3.59. The maximum absolute atomic E-state index is 6.33. The molecule has 0 spiro atoms. The van der Waals surface area contributed by atoms with Crippen molar-refractivity contribution in [2.45, 2.75) is 26.4 Å². The highest BCUT2D eigenvalue weighted by atomic mass is 35.5. The topological polar surface area (TPSA) is 52.0 Å². The third-order valence-corrected chi connectivity index (χ3v) is 4.21. The van der Waals surface area contributed by atoms with Gasteiger partial charge in [-0.2, -0.15) is 5.10 Å². The van der Waals surface area contributed by atoms with Gasteiger partial charge >= 0.3 is 0 Å². The molecule has 20 heavy (non-hydrogen) atoms. The van der Waals surface area contributed by atoms with E-state index in [1.54, 1.807) is 24.6 Å². The van der Waals surface area contributed by atoms with Gasteiger partial charge in [-0.3, -0.25) is 4.68 Å². The fraction of sp³-hybridized carbons (Fsp3) is 0.538. The van der Waals surface area contributed by atoms with Crippen LogP contribution in [0.25, 0.3) is 0 Å². The molecule has 0 saturated carbocycles. The van der Waals surface area contributed by atoms with Crippen molar-refractivity contribution < 1.29 is 4.74 Å². The summed E-state index contributed by atoms with van der Waals surface area (Å²) in [4.78, 5) is 5.48. The molecule has 2 aromatic rings. The minimum Gasteiger partial charge on any atom is -0.383 e. The summed E-state index contributed by atoms with van der Waals surface area (Å²) in [6.45, 7) is 6.20. The van der Waals surface area contributed by atoms with Crippen LogP contribution >= 0.6 is 22.9 Å². The van der Waals surface area contributed by atoms with E-state index in [9.17, 15) is 0 Å². The predicted molar refractivity (Wildman–Crippen MR) is 81.5 cm³/mol. The molecule has 0 fully saturated rings. The third-order valence-electron chi connectivity index (χ3n) is 2.95. The van der Waals surface area contributed by atoms with E-state index in [2.05, 4.69) is 22.3 Å². The minimum atomic E-state index is 0.0121. The first kappa shape index (κ1) is 15.4. The van der Waals surface area contributed by atoms with Gasteiger partial charge in [0.2, 0.25) is 0 Å². The molecule has 0 radical (unpaired) electrons. The zero-order valence-corrected chi connectivity index (χ0v) is 13.5. The Morgan fingerprint density at radius 3 is 2.90 bits per heavy atom. The Balaban J connectivity index is 2.35. The molecule has 0 aromatic carbocycles. The van der Waals surface area contributed by atoms with Crippen molar-refractivity contribution in [1.29, 1.82) is 0 Å². The van der Waals surface area contributed by atoms with Gasteiger partial charge in [0, 0.05) is 18.2 Å². The first-order valence-corrected chi connectivity index (χ1v) is 7.72. The van der Waals surface area contributed by atoms with Crippen LogP contribution in [-0.4, -0.2) is 35.0 Å². The number of ether oxygens (including phenoxy) is 1. The molecule has 1 atom stereocenters. The van der Waals surface area contributed by atoms with Crippen LogP contribution in [0.15, 0.2) is 12.4 Å². The van der Waals surface area contributed by atoms with E-state index >= 15 is 0 Å². The number of aromatic nitrogens is 3. The molecule has 2 aromatic heterocycles. The number of aryl methyl sites for hydroxylation is 1. The zero-order valence-electron chi connectivity index (χ0n) is 11.9. The van der Waals surface area contributed by atoms with Crippen LogP contribution in [-0.2, 0) is 11.3 Å². The lowest BCUT2D eigenvalue weighted by atomic mass is 10.2. The van der Waals surface area contributed by atoms with Crippen molar-refractivity contribution in [1.82, 2.24) is 20.1 Å². The lowest BCUT2D eigenvalue weighted by Crippen LogP contribution is -2.25. The van der Waals surface area contributed by atoms with Gasteiger partial charge in [0.15, 0.2) is 0 Å². The molecule has 0 saturated heterocycles. The molecule has 110 valence electrons. The SMILES string of the molecule is CCNC(c1cnc(C)s1)c1c(Cl)cnn1CCOC. The molecule has 1 unspecified atom stereocenters. The molecule has 0 aliphatic rings. The molecule has 2 rings (SSSR count). The summed E-state index contributed by atoms with van der Waals surface area (Å²) in [5, 5.41) is 9.50. The van der Waals surface area contributed by atoms with E-state index in [0.717, 1.165) is 22.1 Å². The third kappa shape index (κ3) is 3.38. The van der Waals surface area contributed by atoms with Crippen LogP contribution < -0.4 is 5.32 Å². The minimum absolute atomic E-state index is 0.0121. The first-order chi connectivity index (χ1) is 9.67. The van der Waals surface area contributed by atoms with Crippen molar-refractivity contribution >= 4 is 22.9 Å². The summed E-state index contributed by atoms with van der Waals surface area (Å²) in [5.74, 6) is 0. The van der Waals surface area contributed by atoms with E-state index in [1.165, 1.54) is 0 Å². The van der Waals surface area contributed by atoms with Gasteiger partial charge in [0.1, 0.15) is 0 Å². The molecule has 2 heterocycles. The summed E-state index contributed by atoms with van der Waals surface area (Å²) >= 11 is 8.00. The molecule has 0 aliphatic carbocycles. The van der Waals surface area contributed by atoms with Crippen molar-refractivity contribution in [2.75, 3.05) is 20.3 Å². The quantitative estimate of drug-likeness (QED) is 0.853. The van der Waals surface area contributed by atoms with Gasteiger partial charge < -0.3 is 10.1 Å². The van der Waals surface area contributed by atoms with Crippen molar-refractivity contribution in [3.63, 3.8) is 0 Å². The number of halogens is 1. The average Bonchev–Trinajstić information content (AvgIpc) is 3.01. The monoisotopic (exact) mass is 314 g/mol. The van der Waals surface area contributed by atoms with Crippen LogP contribution in [0.2, 0.25) is 5.02 Å². The number of thiazole rings is 1. The number of nitrogens with one attached hydrogen (secondary N) is 1. The van der Waals surface area contributed by atoms with Crippen molar-refractivity contribution in [3.8, 4) is 0 Å². The summed E-state index contributed by atoms with van der Waals surface area (Å²) in [7, 11) is 1.68. The standard InChI is InChI=1S/C13H19ClN4OS/c1-4-15-12(11-8-16-9(2)20-11)13-10(14)7-17-18(13)5-6-19-3/h7-8,12,15H,4-6H2,1-3H3. The van der Waals surface area contributed by atoms with Crippen molar-refractivity contribution in [3.05, 3.63) is 33.0 Å². The number of rotatable bonds is 7. The van der Waals surface area contributed by atoms with Crippen molar-refractivity contribution in [2.24, 2.45) is 0 Å². The Bertz CT molecular complexity index is 554. The Kier molecular flexibility index (Phi) is 5.54. The average molecular weight is 315 g/mol.